The molecule has 123 heavy (non-hydrogen) atoms. The van der Waals surface area contributed by atoms with Crippen LogP contribution in [0.15, 0.2) is 468 Å². The minimum atomic E-state index is 1.01. The summed E-state index contributed by atoms with van der Waals surface area (Å²) in [4.78, 5) is 16.8. The van der Waals surface area contributed by atoms with Gasteiger partial charge in [-0.2, -0.15) is 0 Å². The summed E-state index contributed by atoms with van der Waals surface area (Å²) in [6, 6.07) is 153. The van der Waals surface area contributed by atoms with E-state index in [1.54, 1.807) is 6.33 Å². The summed E-state index contributed by atoms with van der Waals surface area (Å²) < 4.78 is 7.10. The molecule has 24 rings (SSSR count). The summed E-state index contributed by atoms with van der Waals surface area (Å²) in [5, 5.41) is 15.2. The zero-order valence-corrected chi connectivity index (χ0v) is 67.1. The smallest absolute Gasteiger partial charge is 0.115 e. The van der Waals surface area contributed by atoms with E-state index in [4.69, 9.17) is 0 Å². The number of rotatable bonds is 12. The van der Waals surface area contributed by atoms with Crippen LogP contribution >= 0.6 is 0 Å². The monoisotopic (exact) mass is 1570 g/mol. The highest BCUT2D eigenvalue weighted by molar-refractivity contribution is 6.14. The molecule has 18 aromatic carbocycles. The fourth-order valence-corrected chi connectivity index (χ4v) is 18.5. The molecule has 0 amide bonds. The molecule has 7 nitrogen and oxygen atoms in total. The molecule has 0 atom stereocenters. The van der Waals surface area contributed by atoms with Crippen LogP contribution in [-0.2, 0) is 0 Å². The van der Waals surface area contributed by atoms with Crippen LogP contribution < -0.4 is 0 Å². The van der Waals surface area contributed by atoms with Gasteiger partial charge in [-0.15, -0.1) is 0 Å². The van der Waals surface area contributed by atoms with Crippen LogP contribution in [0.1, 0.15) is 0 Å². The second-order valence-corrected chi connectivity index (χ2v) is 31.2. The highest BCUT2D eigenvalue weighted by atomic mass is 15.0. The molecule has 0 spiro atoms. The summed E-state index contributed by atoms with van der Waals surface area (Å²) in [5.74, 6) is 0. The van der Waals surface area contributed by atoms with Crippen molar-refractivity contribution in [2.45, 2.75) is 0 Å². The van der Waals surface area contributed by atoms with Crippen molar-refractivity contribution in [2.75, 3.05) is 0 Å². The summed E-state index contributed by atoms with van der Waals surface area (Å²) in [7, 11) is 0. The molecule has 0 N–H and O–H groups in total. The molecule has 0 saturated heterocycles. The number of nitrogens with zero attached hydrogens (tertiary/aromatic N) is 7. The van der Waals surface area contributed by atoms with Crippen LogP contribution in [0, 0.1) is 0 Å². The van der Waals surface area contributed by atoms with Crippen molar-refractivity contribution < 1.29 is 0 Å². The largest absolute Gasteiger partial charge is 0.309 e. The Morgan fingerprint density at radius 2 is 0.382 bits per heavy atom. The third-order valence-electron chi connectivity index (χ3n) is 24.3. The molecule has 0 unspecified atom stereocenters. The average molecular weight is 1570 g/mol. The molecule has 24 aromatic rings. The Labute approximate surface area is 712 Å². The minimum absolute atomic E-state index is 1.01. The van der Waals surface area contributed by atoms with Crippen molar-refractivity contribution in [1.82, 2.24) is 33.6 Å². The van der Waals surface area contributed by atoms with E-state index in [-0.39, 0.29) is 0 Å². The van der Waals surface area contributed by atoms with E-state index in [0.29, 0.717) is 0 Å². The zero-order valence-electron chi connectivity index (χ0n) is 67.1. The van der Waals surface area contributed by atoms with Crippen molar-refractivity contribution in [3.8, 4) is 117 Å². The van der Waals surface area contributed by atoms with Gasteiger partial charge in [-0.1, -0.05) is 334 Å². The SMILES string of the molecule is c1cc(-c2ccc(-c3ccncc3)cc2)c2c(-c3ccc(-n4c5ccccc5c5ccccc54)cc3)cccc2c1.c1cc(-c2ccc(-c3cncnc3)cc2)c2c(-c3ccc(-n4c5ccccc5c5ccccc54)cc3)cccc2c1.c1cncc(-c2ccc(-c3cccc4cccc(-c5ccc(-n6c7ccccc7c7ccccc76)cc5)c34)cc2)c1. The van der Waals surface area contributed by atoms with E-state index in [0.717, 1.165) is 28.1 Å². The first-order valence-corrected chi connectivity index (χ1v) is 41.7. The molecule has 576 valence electrons. The predicted molar refractivity (Wildman–Crippen MR) is 515 cm³/mol. The van der Waals surface area contributed by atoms with Crippen molar-refractivity contribution in [3.63, 3.8) is 0 Å². The number of aromatic nitrogens is 7. The molecular formula is C116H77N7. The van der Waals surface area contributed by atoms with Crippen molar-refractivity contribution in [3.05, 3.63) is 468 Å². The fourth-order valence-electron chi connectivity index (χ4n) is 18.5. The van der Waals surface area contributed by atoms with Gasteiger partial charge >= 0.3 is 0 Å². The lowest BCUT2D eigenvalue weighted by atomic mass is 9.91. The molecular weight excluding hydrogens is 1490 g/mol. The van der Waals surface area contributed by atoms with Gasteiger partial charge in [0.15, 0.2) is 0 Å². The van der Waals surface area contributed by atoms with Crippen LogP contribution in [0.2, 0.25) is 0 Å². The number of benzene rings is 18. The van der Waals surface area contributed by atoms with E-state index >= 15 is 0 Å². The fraction of sp³-hybridized carbons (Fsp3) is 0. The normalized spacial score (nSPS) is 11.4. The van der Waals surface area contributed by atoms with Crippen molar-refractivity contribution in [1.29, 1.82) is 0 Å². The van der Waals surface area contributed by atoms with Gasteiger partial charge in [0, 0.05) is 92.1 Å². The van der Waals surface area contributed by atoms with Crippen molar-refractivity contribution in [2.24, 2.45) is 0 Å². The quantitative estimate of drug-likeness (QED) is 0.122. The van der Waals surface area contributed by atoms with E-state index in [1.165, 1.54) is 187 Å². The topological polar surface area (TPSA) is 66.3 Å². The lowest BCUT2D eigenvalue weighted by molar-refractivity contribution is 1.17. The van der Waals surface area contributed by atoms with E-state index in [9.17, 15) is 0 Å². The van der Waals surface area contributed by atoms with Gasteiger partial charge in [0.2, 0.25) is 0 Å². The van der Waals surface area contributed by atoms with Gasteiger partial charge in [-0.25, -0.2) is 9.97 Å². The predicted octanol–water partition coefficient (Wildman–Crippen LogP) is 30.4. The Balaban J connectivity index is 0.000000110. The molecule has 0 aliphatic rings. The maximum absolute atomic E-state index is 4.28. The van der Waals surface area contributed by atoms with Crippen LogP contribution in [-0.4, -0.2) is 33.6 Å². The lowest BCUT2D eigenvalue weighted by Gasteiger charge is -2.14. The highest BCUT2D eigenvalue weighted by Crippen LogP contribution is 2.44. The van der Waals surface area contributed by atoms with Crippen LogP contribution in [0.4, 0.5) is 0 Å². The Morgan fingerprint density at radius 3 is 0.659 bits per heavy atom. The molecule has 0 bridgehead atoms. The van der Waals surface area contributed by atoms with E-state index in [2.05, 4.69) is 440 Å². The standard InChI is InChI=1S/2C39H26N2.C38H25N3/c1-3-15-37-35(11-1)36-12-2-4-16-38(36)41(37)32-23-21-29(22-24-32)34-14-6-9-30-8-5-13-33(39(30)34)28-19-17-27(18-20-28)31-10-7-25-40-26-31;1-3-13-37-35(9-1)36-10-2-4-14-38(36)41(37)32-21-19-30(20-22-32)34-12-6-8-31-7-5-11-33(39(31)34)29-17-15-27(16-18-29)28-23-25-40-26-24-28;1-3-13-36-34(9-1)35-10-2-4-14-37(35)41(36)31-21-19-28(20-22-31)33-12-6-8-29-7-5-11-32(38(29)33)27-17-15-26(16-18-27)30-23-39-25-40-24-30/h2*1-26H;1-25H. The van der Waals surface area contributed by atoms with Gasteiger partial charge in [0.25, 0.3) is 0 Å². The Kier molecular flexibility index (Phi) is 18.8. The first-order valence-electron chi connectivity index (χ1n) is 41.7. The van der Waals surface area contributed by atoms with Crippen LogP contribution in [0.5, 0.6) is 0 Å². The Bertz CT molecular complexity index is 7100. The number of para-hydroxylation sites is 6. The van der Waals surface area contributed by atoms with Gasteiger partial charge < -0.3 is 13.7 Å². The minimum Gasteiger partial charge on any atom is -0.309 e. The molecule has 7 heteroatoms. The van der Waals surface area contributed by atoms with Crippen LogP contribution in [0.3, 0.4) is 0 Å². The van der Waals surface area contributed by atoms with Gasteiger partial charge in [0.1, 0.15) is 6.33 Å². The van der Waals surface area contributed by atoms with Crippen molar-refractivity contribution >= 4 is 97.7 Å². The van der Waals surface area contributed by atoms with Crippen LogP contribution in [0.25, 0.3) is 215 Å². The van der Waals surface area contributed by atoms with E-state index < -0.39 is 0 Å². The second-order valence-electron chi connectivity index (χ2n) is 31.2. The molecule has 0 aliphatic heterocycles. The first kappa shape index (κ1) is 72.9. The average Bonchev–Trinajstić information content (AvgIpc) is 1.63. The summed E-state index contributed by atoms with van der Waals surface area (Å²) in [5.41, 5.74) is 32.2. The molecule has 6 aromatic heterocycles. The number of hydrogen-bond donors (Lipinski definition) is 0. The number of fused-ring (bicyclic) bond motifs is 12. The van der Waals surface area contributed by atoms with Gasteiger partial charge in [-0.3, -0.25) is 9.97 Å². The highest BCUT2D eigenvalue weighted by Gasteiger charge is 2.20. The Hall–Kier alpha value is -16.5. The first-order chi connectivity index (χ1) is 61.0. The summed E-state index contributed by atoms with van der Waals surface area (Å²) in [6.07, 6.45) is 12.7. The zero-order chi connectivity index (χ0) is 81.5. The molecule has 0 radical (unpaired) electrons. The third-order valence-corrected chi connectivity index (χ3v) is 24.3. The summed E-state index contributed by atoms with van der Waals surface area (Å²) in [6.45, 7) is 0. The Morgan fingerprint density at radius 1 is 0.146 bits per heavy atom. The molecule has 0 aliphatic carbocycles. The van der Waals surface area contributed by atoms with Gasteiger partial charge in [0.05, 0.1) is 33.1 Å². The molecule has 0 saturated carbocycles. The maximum atomic E-state index is 4.28. The maximum Gasteiger partial charge on any atom is 0.115 e. The summed E-state index contributed by atoms with van der Waals surface area (Å²) >= 11 is 0. The number of pyridine rings is 2. The lowest BCUT2D eigenvalue weighted by Crippen LogP contribution is -1.94. The van der Waals surface area contributed by atoms with Gasteiger partial charge in [-0.05, 0) is 218 Å². The van der Waals surface area contributed by atoms with E-state index in [1.807, 2.05) is 55.4 Å². The molecule has 0 fully saturated rings. The molecule has 6 heterocycles. The second kappa shape index (κ2) is 31.8. The third kappa shape index (κ3) is 13.5. The number of hydrogen-bond acceptors (Lipinski definition) is 4.